The lowest BCUT2D eigenvalue weighted by atomic mass is 9.82. The molecule has 1 aromatic carbocycles. The van der Waals surface area contributed by atoms with Crippen molar-refractivity contribution >= 4 is 27.5 Å². The molecule has 4 nitrogen and oxygen atoms in total. The molecule has 3 N–H and O–H groups in total. The number of anilines is 1. The van der Waals surface area contributed by atoms with Crippen molar-refractivity contribution in [1.82, 2.24) is 5.32 Å². The summed E-state index contributed by atoms with van der Waals surface area (Å²) in [5.74, 6) is -0.0665. The number of nitrogens with one attached hydrogen (secondary N) is 1. The standard InChI is InChI=1S/C15H21BrN2O2/c1-10-12(7-11(16)8-13(10)17)14(19)18-9-15(2)3-5-20-6-4-15/h7-8H,3-6,9,17H2,1-2H3,(H,18,19). The maximum absolute atomic E-state index is 12.3. The number of ether oxygens (including phenoxy) is 1. The average Bonchev–Trinajstić information content (AvgIpc) is 2.41. The Kier molecular flexibility index (Phi) is 4.70. The first kappa shape index (κ1) is 15.3. The van der Waals surface area contributed by atoms with Gasteiger partial charge in [0.2, 0.25) is 0 Å². The Morgan fingerprint density at radius 2 is 2.10 bits per heavy atom. The summed E-state index contributed by atoms with van der Waals surface area (Å²) in [5.41, 5.74) is 8.10. The summed E-state index contributed by atoms with van der Waals surface area (Å²) in [7, 11) is 0. The number of hydrogen-bond donors (Lipinski definition) is 2. The summed E-state index contributed by atoms with van der Waals surface area (Å²) in [6, 6.07) is 3.62. The largest absolute Gasteiger partial charge is 0.398 e. The summed E-state index contributed by atoms with van der Waals surface area (Å²) in [5, 5.41) is 3.03. The van der Waals surface area contributed by atoms with Crippen molar-refractivity contribution in [3.05, 3.63) is 27.7 Å². The molecule has 1 saturated heterocycles. The number of benzene rings is 1. The second-order valence-electron chi connectivity index (χ2n) is 5.77. The monoisotopic (exact) mass is 340 g/mol. The van der Waals surface area contributed by atoms with Gasteiger partial charge in [-0.2, -0.15) is 0 Å². The molecule has 2 rings (SSSR count). The summed E-state index contributed by atoms with van der Waals surface area (Å²) >= 11 is 3.38. The minimum Gasteiger partial charge on any atom is -0.398 e. The van der Waals surface area contributed by atoms with E-state index in [0.29, 0.717) is 17.8 Å². The number of carbonyl (C=O) groups is 1. The number of carbonyl (C=O) groups excluding carboxylic acids is 1. The molecule has 0 unspecified atom stereocenters. The first-order valence-electron chi connectivity index (χ1n) is 6.83. The molecule has 0 atom stereocenters. The van der Waals surface area contributed by atoms with Crippen molar-refractivity contribution in [3.8, 4) is 0 Å². The first-order valence-corrected chi connectivity index (χ1v) is 7.62. The van der Waals surface area contributed by atoms with E-state index in [2.05, 4.69) is 28.2 Å². The topological polar surface area (TPSA) is 64.4 Å². The maximum atomic E-state index is 12.3. The Morgan fingerprint density at radius 1 is 1.45 bits per heavy atom. The smallest absolute Gasteiger partial charge is 0.251 e. The number of hydrogen-bond acceptors (Lipinski definition) is 3. The fourth-order valence-electron chi connectivity index (χ4n) is 2.37. The molecule has 0 radical (unpaired) electrons. The van der Waals surface area contributed by atoms with Gasteiger partial charge in [-0.25, -0.2) is 0 Å². The van der Waals surface area contributed by atoms with Gasteiger partial charge in [-0.1, -0.05) is 22.9 Å². The van der Waals surface area contributed by atoms with Gasteiger partial charge < -0.3 is 15.8 Å². The molecule has 1 heterocycles. The predicted molar refractivity (Wildman–Crippen MR) is 83.8 cm³/mol. The molecular formula is C15H21BrN2O2. The normalized spacial score (nSPS) is 17.8. The first-order chi connectivity index (χ1) is 9.41. The van der Waals surface area contributed by atoms with Gasteiger partial charge in [-0.05, 0) is 42.9 Å². The number of nitrogen functional groups attached to an aromatic ring is 1. The molecule has 1 amide bonds. The zero-order chi connectivity index (χ0) is 14.8. The van der Waals surface area contributed by atoms with Crippen LogP contribution in [0.1, 0.15) is 35.7 Å². The third-order valence-corrected chi connectivity index (χ3v) is 4.49. The van der Waals surface area contributed by atoms with E-state index in [4.69, 9.17) is 10.5 Å². The summed E-state index contributed by atoms with van der Waals surface area (Å²) in [6.45, 7) is 6.27. The molecule has 110 valence electrons. The van der Waals surface area contributed by atoms with Crippen LogP contribution in [0, 0.1) is 12.3 Å². The molecule has 0 saturated carbocycles. The molecule has 1 aromatic rings. The van der Waals surface area contributed by atoms with Crippen molar-refractivity contribution in [3.63, 3.8) is 0 Å². The highest BCUT2D eigenvalue weighted by molar-refractivity contribution is 9.10. The van der Waals surface area contributed by atoms with Crippen LogP contribution in [0.4, 0.5) is 5.69 Å². The van der Waals surface area contributed by atoms with Gasteiger partial charge in [0.05, 0.1) is 0 Å². The quantitative estimate of drug-likeness (QED) is 0.831. The lowest BCUT2D eigenvalue weighted by Gasteiger charge is -2.33. The van der Waals surface area contributed by atoms with Crippen LogP contribution < -0.4 is 11.1 Å². The van der Waals surface area contributed by atoms with Crippen molar-refractivity contribution in [2.75, 3.05) is 25.5 Å². The third kappa shape index (κ3) is 3.52. The van der Waals surface area contributed by atoms with E-state index in [1.165, 1.54) is 0 Å². The van der Waals surface area contributed by atoms with Crippen LogP contribution in [0.5, 0.6) is 0 Å². The lowest BCUT2D eigenvalue weighted by molar-refractivity contribution is 0.0238. The Balaban J connectivity index is 2.05. The molecule has 0 bridgehead atoms. The fraction of sp³-hybridized carbons (Fsp3) is 0.533. The van der Waals surface area contributed by atoms with Gasteiger partial charge in [-0.3, -0.25) is 4.79 Å². The zero-order valence-corrected chi connectivity index (χ0v) is 13.5. The van der Waals surface area contributed by atoms with E-state index < -0.39 is 0 Å². The van der Waals surface area contributed by atoms with Crippen LogP contribution in [0.3, 0.4) is 0 Å². The highest BCUT2D eigenvalue weighted by Gasteiger charge is 2.28. The highest BCUT2D eigenvalue weighted by atomic mass is 79.9. The Bertz CT molecular complexity index is 511. The molecule has 0 spiro atoms. The Morgan fingerprint density at radius 3 is 2.75 bits per heavy atom. The van der Waals surface area contributed by atoms with E-state index in [1.807, 2.05) is 19.1 Å². The van der Waals surface area contributed by atoms with E-state index in [0.717, 1.165) is 36.1 Å². The molecule has 20 heavy (non-hydrogen) atoms. The highest BCUT2D eigenvalue weighted by Crippen LogP contribution is 2.29. The van der Waals surface area contributed by atoms with Crippen molar-refractivity contribution in [1.29, 1.82) is 0 Å². The predicted octanol–water partition coefficient (Wildman–Crippen LogP) is 2.89. The van der Waals surface area contributed by atoms with Crippen molar-refractivity contribution < 1.29 is 9.53 Å². The van der Waals surface area contributed by atoms with E-state index >= 15 is 0 Å². The minimum atomic E-state index is -0.0665. The summed E-state index contributed by atoms with van der Waals surface area (Å²) < 4.78 is 6.19. The Labute approximate surface area is 128 Å². The van der Waals surface area contributed by atoms with Crippen LogP contribution in [0.25, 0.3) is 0 Å². The molecule has 1 aliphatic rings. The minimum absolute atomic E-state index is 0.0665. The second kappa shape index (κ2) is 6.14. The van der Waals surface area contributed by atoms with E-state index in [-0.39, 0.29) is 11.3 Å². The summed E-state index contributed by atoms with van der Waals surface area (Å²) in [6.07, 6.45) is 1.96. The maximum Gasteiger partial charge on any atom is 0.251 e. The molecular weight excluding hydrogens is 320 g/mol. The molecule has 0 aromatic heterocycles. The van der Waals surface area contributed by atoms with Gasteiger partial charge in [0.25, 0.3) is 5.91 Å². The number of rotatable bonds is 3. The van der Waals surface area contributed by atoms with Gasteiger partial charge in [0.15, 0.2) is 0 Å². The van der Waals surface area contributed by atoms with Crippen molar-refractivity contribution in [2.45, 2.75) is 26.7 Å². The van der Waals surface area contributed by atoms with Gasteiger partial charge in [-0.15, -0.1) is 0 Å². The van der Waals surface area contributed by atoms with Crippen LogP contribution in [0.2, 0.25) is 0 Å². The number of nitrogens with two attached hydrogens (primary N) is 1. The van der Waals surface area contributed by atoms with Gasteiger partial charge in [0, 0.05) is 35.5 Å². The third-order valence-electron chi connectivity index (χ3n) is 4.03. The lowest BCUT2D eigenvalue weighted by Crippen LogP contribution is -2.39. The average molecular weight is 341 g/mol. The van der Waals surface area contributed by atoms with Crippen LogP contribution >= 0.6 is 15.9 Å². The van der Waals surface area contributed by atoms with Crippen LogP contribution in [-0.4, -0.2) is 25.7 Å². The van der Waals surface area contributed by atoms with Gasteiger partial charge >= 0.3 is 0 Å². The zero-order valence-electron chi connectivity index (χ0n) is 12.0. The number of halogens is 1. The van der Waals surface area contributed by atoms with E-state index in [9.17, 15) is 4.79 Å². The molecule has 5 heteroatoms. The van der Waals surface area contributed by atoms with Gasteiger partial charge in [0.1, 0.15) is 0 Å². The Hall–Kier alpha value is -1.07. The fourth-order valence-corrected chi connectivity index (χ4v) is 2.84. The number of amides is 1. The SMILES string of the molecule is Cc1c(N)cc(Br)cc1C(=O)NCC1(C)CCOCC1. The summed E-state index contributed by atoms with van der Waals surface area (Å²) in [4.78, 5) is 12.3. The molecule has 0 aliphatic carbocycles. The molecule has 1 fully saturated rings. The van der Waals surface area contributed by atoms with Crippen LogP contribution in [0.15, 0.2) is 16.6 Å². The molecule has 1 aliphatic heterocycles. The van der Waals surface area contributed by atoms with E-state index in [1.54, 1.807) is 0 Å². The van der Waals surface area contributed by atoms with Crippen LogP contribution in [-0.2, 0) is 4.74 Å². The van der Waals surface area contributed by atoms with Crippen molar-refractivity contribution in [2.24, 2.45) is 5.41 Å². The second-order valence-corrected chi connectivity index (χ2v) is 6.69.